The number of aryl methyl sites for hydroxylation is 8. The van der Waals surface area contributed by atoms with Gasteiger partial charge in [0.1, 0.15) is 11.8 Å². The third kappa shape index (κ3) is 23.4. The molecule has 8 rings (SSSR count). The Hall–Kier alpha value is -8.97. The lowest BCUT2D eigenvalue weighted by Gasteiger charge is -2.12. The number of halogens is 1. The van der Waals surface area contributed by atoms with Crippen LogP contribution in [0.15, 0.2) is 165 Å². The molecular weight excluding hydrogens is 1110 g/mol. The largest absolute Gasteiger partial charge is 0.450 e. The van der Waals surface area contributed by atoms with Crippen molar-refractivity contribution in [1.29, 1.82) is 5.26 Å². The minimum atomic E-state index is -0.479. The topological polar surface area (TPSA) is 188 Å². The van der Waals surface area contributed by atoms with E-state index in [9.17, 15) is 23.6 Å². The van der Waals surface area contributed by atoms with Crippen LogP contribution in [0.2, 0.25) is 0 Å². The molecule has 3 aromatic carbocycles. The van der Waals surface area contributed by atoms with Gasteiger partial charge in [0.05, 0.1) is 36.0 Å². The molecule has 0 saturated heterocycles. The number of nitrogen functional groups attached to an aromatic ring is 1. The highest BCUT2D eigenvalue weighted by molar-refractivity contribution is 5.53. The number of ether oxygens (including phenoxy) is 4. The Labute approximate surface area is 518 Å². The lowest BCUT2D eigenvalue weighted by atomic mass is 10.1. The molecule has 0 amide bonds. The van der Waals surface area contributed by atoms with Crippen molar-refractivity contribution in [3.05, 3.63) is 221 Å². The Bertz CT molecular complexity index is 3580. The molecule has 88 heavy (non-hydrogen) atoms. The summed E-state index contributed by atoms with van der Waals surface area (Å²) in [5, 5.41) is 9.09. The van der Waals surface area contributed by atoms with Crippen LogP contribution in [0.3, 0.4) is 0 Å². The Kier molecular flexibility index (Phi) is 30.3. The highest BCUT2D eigenvalue weighted by atomic mass is 19.1. The van der Waals surface area contributed by atoms with E-state index in [1.165, 1.54) is 82.8 Å². The van der Waals surface area contributed by atoms with Gasteiger partial charge in [-0.3, -0.25) is 19.2 Å². The maximum atomic E-state index is 13.6. The van der Waals surface area contributed by atoms with Gasteiger partial charge in [-0.25, -0.2) is 9.37 Å². The van der Waals surface area contributed by atoms with Gasteiger partial charge in [-0.2, -0.15) is 5.26 Å². The van der Waals surface area contributed by atoms with Gasteiger partial charge in [0.2, 0.25) is 27.6 Å². The zero-order valence-electron chi connectivity index (χ0n) is 52.9. The van der Waals surface area contributed by atoms with Gasteiger partial charge >= 0.3 is 0 Å². The zero-order chi connectivity index (χ0) is 63.6. The first-order chi connectivity index (χ1) is 42.6. The Balaban J connectivity index is 0.000000214. The summed E-state index contributed by atoms with van der Waals surface area (Å²) >= 11 is 0. The number of aromatic nitrogens is 5. The van der Waals surface area contributed by atoms with Gasteiger partial charge in [-0.05, 0) is 93.8 Å². The molecule has 0 aliphatic heterocycles. The molecule has 0 aliphatic carbocycles. The molecule has 5 aromatic heterocycles. The molecule has 0 aliphatic rings. The van der Waals surface area contributed by atoms with Crippen LogP contribution in [0.5, 0.6) is 46.1 Å². The molecule has 0 unspecified atom stereocenters. The predicted octanol–water partition coefficient (Wildman–Crippen LogP) is 16.2. The minimum absolute atomic E-state index is 0.0651. The van der Waals surface area contributed by atoms with Crippen LogP contribution in [0.4, 0.5) is 10.1 Å². The van der Waals surface area contributed by atoms with Crippen molar-refractivity contribution < 1.29 is 23.3 Å². The summed E-state index contributed by atoms with van der Waals surface area (Å²) in [6.45, 7) is 8.74. The lowest BCUT2D eigenvalue weighted by Crippen LogP contribution is -2.12. The quantitative estimate of drug-likeness (QED) is 0.0363. The number of hydrogen-bond donors (Lipinski definition) is 1. The molecule has 8 aromatic rings. The number of nitrogens with zero attached hydrogens (tertiary/aromatic N) is 6. The van der Waals surface area contributed by atoms with Gasteiger partial charge < -0.3 is 42.9 Å². The van der Waals surface area contributed by atoms with E-state index in [2.05, 4.69) is 38.7 Å². The van der Waals surface area contributed by atoms with Crippen LogP contribution < -0.4 is 46.4 Å². The number of anilines is 1. The van der Waals surface area contributed by atoms with E-state index in [0.29, 0.717) is 40.1 Å². The second-order valence-corrected chi connectivity index (χ2v) is 21.8. The van der Waals surface area contributed by atoms with E-state index >= 15 is 0 Å². The third-order valence-corrected chi connectivity index (χ3v) is 14.6. The average Bonchev–Trinajstić information content (AvgIpc) is 3.04. The van der Waals surface area contributed by atoms with Crippen LogP contribution in [0.25, 0.3) is 0 Å². The predicted molar refractivity (Wildman–Crippen MR) is 351 cm³/mol. The number of para-hydroxylation sites is 4. The van der Waals surface area contributed by atoms with Crippen molar-refractivity contribution in [3.63, 3.8) is 0 Å². The van der Waals surface area contributed by atoms with Crippen molar-refractivity contribution in [1.82, 2.24) is 23.3 Å². The number of unbranched alkanes of at least 4 members (excludes halogenated alkanes) is 12. The molecule has 5 heterocycles. The van der Waals surface area contributed by atoms with Crippen molar-refractivity contribution in [2.75, 3.05) is 5.73 Å². The molecule has 0 atom stereocenters. The number of nitriles is 1. The summed E-state index contributed by atoms with van der Waals surface area (Å²) in [6.07, 6.45) is 30.9. The van der Waals surface area contributed by atoms with E-state index in [1.54, 1.807) is 110 Å². The first-order valence-electron chi connectivity index (χ1n) is 31.1. The molecule has 0 fully saturated rings. The number of nitrogens with two attached hydrogens (primary N) is 1. The van der Waals surface area contributed by atoms with E-state index in [-0.39, 0.29) is 39.0 Å². The van der Waals surface area contributed by atoms with Crippen LogP contribution >= 0.6 is 0 Å². The van der Waals surface area contributed by atoms with Gasteiger partial charge in [0, 0.05) is 87.5 Å². The van der Waals surface area contributed by atoms with Crippen LogP contribution in [0.1, 0.15) is 159 Å². The maximum absolute atomic E-state index is 13.6. The minimum Gasteiger partial charge on any atom is -0.450 e. The zero-order valence-corrected chi connectivity index (χ0v) is 52.9. The monoisotopic (exact) mass is 1200 g/mol. The van der Waals surface area contributed by atoms with Crippen LogP contribution in [0, 0.1) is 17.1 Å². The first-order valence-corrected chi connectivity index (χ1v) is 31.1. The van der Waals surface area contributed by atoms with E-state index in [4.69, 9.17) is 29.9 Å². The Morgan fingerprint density at radius 1 is 0.420 bits per heavy atom. The molecule has 468 valence electrons. The van der Waals surface area contributed by atoms with E-state index in [1.807, 2.05) is 70.7 Å². The van der Waals surface area contributed by atoms with E-state index in [0.717, 1.165) is 80.6 Å². The summed E-state index contributed by atoms with van der Waals surface area (Å²) in [7, 11) is 7.68. The van der Waals surface area contributed by atoms with Crippen LogP contribution in [-0.4, -0.2) is 23.3 Å². The molecule has 16 heteroatoms. The standard InChI is InChI=1S/C19H22N2O2.C18H22FNO2.C18H24N2O2.C17H22N2O2/c1-3-4-5-6-10-16-12-17(22)19(14-21(16)2)23-18-11-8-7-9-15(18)13-20;2*1-3-4-5-6-9-14-12-16(21)18(13-20(14)2)22-17-11-8-7-10-15(17)19;1-3-4-5-6-9-14-12-15(20)16(13-19(14)2)21-17-10-7-8-11-18-17/h7-9,11-12,14H,3-6,10H2,1-2H3;7-8,10-13H,3-6,9H2,1-2H3;7-8,10-13H,3-6,9,19H2,1-2H3;7-8,10-13H,3-6,9H2,1-2H3. The van der Waals surface area contributed by atoms with E-state index < -0.39 is 5.82 Å². The number of rotatable bonds is 28. The average molecular weight is 1200 g/mol. The summed E-state index contributed by atoms with van der Waals surface area (Å²) in [4.78, 5) is 52.8. The maximum Gasteiger partial charge on any atom is 0.224 e. The van der Waals surface area contributed by atoms with Gasteiger partial charge in [-0.15, -0.1) is 0 Å². The normalized spacial score (nSPS) is 10.5. The fraction of sp³-hybridized carbons (Fsp3) is 0.389. The smallest absolute Gasteiger partial charge is 0.224 e. The number of benzene rings is 3. The molecule has 0 bridgehead atoms. The van der Waals surface area contributed by atoms with Gasteiger partial charge in [0.15, 0.2) is 40.3 Å². The molecule has 2 N–H and O–H groups in total. The van der Waals surface area contributed by atoms with Gasteiger partial charge in [-0.1, -0.05) is 147 Å². The summed E-state index contributed by atoms with van der Waals surface area (Å²) in [5.41, 5.74) is 10.3. The fourth-order valence-electron chi connectivity index (χ4n) is 9.44. The third-order valence-electron chi connectivity index (χ3n) is 14.6. The van der Waals surface area contributed by atoms with Crippen molar-refractivity contribution in [2.24, 2.45) is 28.2 Å². The second kappa shape index (κ2) is 38.2. The summed E-state index contributed by atoms with van der Waals surface area (Å²) < 4.78 is 43.6. The molecule has 0 spiro atoms. The molecule has 0 saturated carbocycles. The summed E-state index contributed by atoms with van der Waals surface area (Å²) in [6, 6.07) is 34.1. The highest BCUT2D eigenvalue weighted by Crippen LogP contribution is 2.27. The summed E-state index contributed by atoms with van der Waals surface area (Å²) in [5.74, 6) is 1.94. The lowest BCUT2D eigenvalue weighted by molar-refractivity contribution is 0.433. The van der Waals surface area contributed by atoms with Crippen molar-refractivity contribution in [3.8, 4) is 52.2 Å². The Morgan fingerprint density at radius 3 is 1.14 bits per heavy atom. The molecule has 15 nitrogen and oxygen atoms in total. The van der Waals surface area contributed by atoms with Gasteiger partial charge in [0.25, 0.3) is 0 Å². The fourth-order valence-corrected chi connectivity index (χ4v) is 9.44. The number of hydrogen-bond acceptors (Lipinski definition) is 11. The SMILES string of the molecule is CCCCCCc1cc(=O)c(Oc2ccccc2C#N)cn1C.CCCCCCc1cc(=O)c(Oc2ccccc2F)cn1C.CCCCCCc1cc(=O)c(Oc2ccccc2N)cn1C.CCCCCCc1cc(=O)c(Oc2ccccn2)cn1C. The molecule has 0 radical (unpaired) electrons. The Morgan fingerprint density at radius 2 is 0.761 bits per heavy atom. The second-order valence-electron chi connectivity index (χ2n) is 21.8. The van der Waals surface area contributed by atoms with Crippen LogP contribution in [-0.2, 0) is 53.9 Å². The molecular formula is C72H90FN7O8. The number of pyridine rings is 5. The van der Waals surface area contributed by atoms with Crippen molar-refractivity contribution >= 4 is 5.69 Å². The van der Waals surface area contributed by atoms with Crippen molar-refractivity contribution in [2.45, 2.75) is 156 Å². The first kappa shape index (κ1) is 69.8. The highest BCUT2D eigenvalue weighted by Gasteiger charge is 2.14.